The van der Waals surface area contributed by atoms with Gasteiger partial charge in [-0.1, -0.05) is 0 Å². The maximum atomic E-state index is 12.2. The first-order valence-electron chi connectivity index (χ1n) is 8.53. The van der Waals surface area contributed by atoms with Gasteiger partial charge in [-0.2, -0.15) is 4.80 Å². The molecule has 4 rings (SSSR count). The van der Waals surface area contributed by atoms with Crippen LogP contribution >= 0.6 is 0 Å². The quantitative estimate of drug-likeness (QED) is 0.622. The number of aromatic nitrogens is 4. The highest BCUT2D eigenvalue weighted by atomic mass is 16.7. The number of aliphatic hydroxyl groups excluding tert-OH is 1. The molecule has 0 unspecified atom stereocenters. The number of aliphatic hydroxyl groups is 1. The van der Waals surface area contributed by atoms with E-state index in [1.807, 2.05) is 0 Å². The van der Waals surface area contributed by atoms with E-state index in [1.54, 1.807) is 42.5 Å². The summed E-state index contributed by atoms with van der Waals surface area (Å²) in [6, 6.07) is 12.2. The summed E-state index contributed by atoms with van der Waals surface area (Å²) < 4.78 is 15.8. The molecule has 1 aliphatic rings. The third kappa shape index (κ3) is 4.01. The van der Waals surface area contributed by atoms with E-state index in [0.717, 1.165) is 5.56 Å². The number of carbonyl (C=O) groups excluding carboxylic acids is 1. The first kappa shape index (κ1) is 17.7. The third-order valence-electron chi connectivity index (χ3n) is 3.87. The van der Waals surface area contributed by atoms with Crippen molar-refractivity contribution in [1.82, 2.24) is 20.2 Å². The average molecular weight is 383 g/mol. The number of ether oxygens (including phenoxy) is 3. The summed E-state index contributed by atoms with van der Waals surface area (Å²) >= 11 is 0. The second kappa shape index (κ2) is 7.92. The zero-order valence-electron chi connectivity index (χ0n) is 14.7. The topological polar surface area (TPSA) is 121 Å². The molecule has 10 nitrogen and oxygen atoms in total. The lowest BCUT2D eigenvalue weighted by Gasteiger charge is -2.05. The number of tetrazole rings is 1. The Morgan fingerprint density at radius 2 is 2.00 bits per heavy atom. The minimum Gasteiger partial charge on any atom is -0.491 e. The number of hydrogen-bond acceptors (Lipinski definition) is 8. The summed E-state index contributed by atoms with van der Waals surface area (Å²) in [5.41, 5.74) is 1.33. The Morgan fingerprint density at radius 3 is 2.82 bits per heavy atom. The minimum atomic E-state index is -0.296. The average Bonchev–Trinajstić information content (AvgIpc) is 3.35. The number of nitrogens with zero attached hydrogens (tertiary/aromatic N) is 4. The van der Waals surface area contributed by atoms with E-state index < -0.39 is 0 Å². The van der Waals surface area contributed by atoms with Crippen molar-refractivity contribution in [3.8, 4) is 28.6 Å². The molecule has 0 aliphatic carbocycles. The summed E-state index contributed by atoms with van der Waals surface area (Å²) in [6.07, 6.45) is 0. The molecule has 0 saturated carbocycles. The Hall–Kier alpha value is -3.66. The number of anilines is 1. The molecular weight excluding hydrogens is 366 g/mol. The van der Waals surface area contributed by atoms with Crippen LogP contribution in [0.15, 0.2) is 42.5 Å². The van der Waals surface area contributed by atoms with E-state index in [-0.39, 0.29) is 32.5 Å². The monoisotopic (exact) mass is 383 g/mol. The summed E-state index contributed by atoms with van der Waals surface area (Å²) in [4.78, 5) is 13.4. The first-order valence-corrected chi connectivity index (χ1v) is 8.53. The van der Waals surface area contributed by atoms with E-state index in [2.05, 4.69) is 20.7 Å². The Balaban J connectivity index is 1.37. The van der Waals surface area contributed by atoms with E-state index in [1.165, 1.54) is 4.80 Å². The lowest BCUT2D eigenvalue weighted by atomic mass is 10.2. The second-order valence-electron chi connectivity index (χ2n) is 5.86. The maximum Gasteiger partial charge on any atom is 0.248 e. The fraction of sp³-hybridized carbons (Fsp3) is 0.222. The summed E-state index contributed by atoms with van der Waals surface area (Å²) in [7, 11) is 0. The lowest BCUT2D eigenvalue weighted by Crippen LogP contribution is -2.20. The molecule has 0 radical (unpaired) electrons. The van der Waals surface area contributed by atoms with Gasteiger partial charge in [0.1, 0.15) is 18.9 Å². The smallest absolute Gasteiger partial charge is 0.248 e. The maximum absolute atomic E-state index is 12.2. The number of hydrogen-bond donors (Lipinski definition) is 2. The fourth-order valence-electron chi connectivity index (χ4n) is 2.59. The molecule has 0 bridgehead atoms. The number of rotatable bonds is 7. The van der Waals surface area contributed by atoms with E-state index >= 15 is 0 Å². The standard InChI is InChI=1S/C18H17N5O5/c24-7-8-26-14-4-1-12(2-5-14)18-20-22-23(21-18)10-17(25)19-13-3-6-15-16(9-13)28-11-27-15/h1-6,9,24H,7-8,10-11H2,(H,19,25). The molecule has 1 aliphatic heterocycles. The zero-order valence-corrected chi connectivity index (χ0v) is 14.7. The van der Waals surface area contributed by atoms with Gasteiger partial charge in [-0.15, -0.1) is 10.2 Å². The van der Waals surface area contributed by atoms with Crippen LogP contribution in [0.4, 0.5) is 5.69 Å². The van der Waals surface area contributed by atoms with E-state index in [9.17, 15) is 4.79 Å². The zero-order chi connectivity index (χ0) is 19.3. The van der Waals surface area contributed by atoms with Crippen molar-refractivity contribution in [3.63, 3.8) is 0 Å². The molecule has 0 spiro atoms. The van der Waals surface area contributed by atoms with Crippen LogP contribution in [0.2, 0.25) is 0 Å². The van der Waals surface area contributed by atoms with Crippen molar-refractivity contribution < 1.29 is 24.1 Å². The largest absolute Gasteiger partial charge is 0.491 e. The van der Waals surface area contributed by atoms with E-state index in [4.69, 9.17) is 19.3 Å². The Bertz CT molecular complexity index is 973. The fourth-order valence-corrected chi connectivity index (χ4v) is 2.59. The normalized spacial score (nSPS) is 12.0. The molecule has 10 heteroatoms. The molecule has 144 valence electrons. The van der Waals surface area contributed by atoms with Gasteiger partial charge >= 0.3 is 0 Å². The van der Waals surface area contributed by atoms with Crippen LogP contribution in [0.3, 0.4) is 0 Å². The van der Waals surface area contributed by atoms with Gasteiger partial charge in [-0.3, -0.25) is 4.79 Å². The van der Waals surface area contributed by atoms with E-state index in [0.29, 0.717) is 28.8 Å². The first-order chi connectivity index (χ1) is 13.7. The predicted molar refractivity (Wildman–Crippen MR) is 97.0 cm³/mol. The van der Waals surface area contributed by atoms with Crippen LogP contribution in [0, 0.1) is 0 Å². The highest BCUT2D eigenvalue weighted by Crippen LogP contribution is 2.34. The van der Waals surface area contributed by atoms with Crippen LogP contribution < -0.4 is 19.5 Å². The molecular formula is C18H17N5O5. The molecule has 0 saturated heterocycles. The molecule has 1 amide bonds. The highest BCUT2D eigenvalue weighted by molar-refractivity contribution is 5.90. The summed E-state index contributed by atoms with van der Waals surface area (Å²) in [6.45, 7) is 0.268. The van der Waals surface area contributed by atoms with Gasteiger partial charge < -0.3 is 24.6 Å². The number of nitrogens with one attached hydrogen (secondary N) is 1. The van der Waals surface area contributed by atoms with Gasteiger partial charge in [0.15, 0.2) is 11.5 Å². The number of benzene rings is 2. The van der Waals surface area contributed by atoms with Gasteiger partial charge in [0.2, 0.25) is 18.5 Å². The summed E-state index contributed by atoms with van der Waals surface area (Å²) in [5.74, 6) is 1.96. The van der Waals surface area contributed by atoms with Gasteiger partial charge in [0.05, 0.1) is 6.61 Å². The molecule has 0 fully saturated rings. The molecule has 1 aromatic heterocycles. The van der Waals surface area contributed by atoms with Crippen molar-refractivity contribution in [2.24, 2.45) is 0 Å². The highest BCUT2D eigenvalue weighted by Gasteiger charge is 2.15. The van der Waals surface area contributed by atoms with Crippen molar-refractivity contribution >= 4 is 11.6 Å². The van der Waals surface area contributed by atoms with Crippen molar-refractivity contribution in [3.05, 3.63) is 42.5 Å². The van der Waals surface area contributed by atoms with Crippen LogP contribution in [-0.2, 0) is 11.3 Å². The Morgan fingerprint density at radius 1 is 1.18 bits per heavy atom. The van der Waals surface area contributed by atoms with Crippen LogP contribution in [0.25, 0.3) is 11.4 Å². The minimum absolute atomic E-state index is 0.0496. The molecule has 2 N–H and O–H groups in total. The van der Waals surface area contributed by atoms with Gasteiger partial charge in [0.25, 0.3) is 0 Å². The Labute approximate surface area is 159 Å². The molecule has 2 aromatic carbocycles. The van der Waals surface area contributed by atoms with Gasteiger partial charge in [-0.25, -0.2) is 0 Å². The van der Waals surface area contributed by atoms with Crippen molar-refractivity contribution in [1.29, 1.82) is 0 Å². The van der Waals surface area contributed by atoms with Gasteiger partial charge in [0, 0.05) is 17.3 Å². The van der Waals surface area contributed by atoms with Crippen LogP contribution in [0.5, 0.6) is 17.2 Å². The molecule has 2 heterocycles. The van der Waals surface area contributed by atoms with Crippen LogP contribution in [0.1, 0.15) is 0 Å². The summed E-state index contributed by atoms with van der Waals surface area (Å²) in [5, 5.41) is 23.6. The third-order valence-corrected chi connectivity index (χ3v) is 3.87. The molecule has 3 aromatic rings. The predicted octanol–water partition coefficient (Wildman–Crippen LogP) is 1.08. The van der Waals surface area contributed by atoms with Crippen molar-refractivity contribution in [2.75, 3.05) is 25.3 Å². The number of fused-ring (bicyclic) bond motifs is 1. The number of amides is 1. The molecule has 0 atom stereocenters. The number of carbonyl (C=O) groups is 1. The van der Waals surface area contributed by atoms with Gasteiger partial charge in [-0.05, 0) is 41.6 Å². The van der Waals surface area contributed by atoms with Crippen LogP contribution in [-0.4, -0.2) is 51.2 Å². The SMILES string of the molecule is O=C(Cn1nnc(-c2ccc(OCCO)cc2)n1)Nc1ccc2c(c1)OCO2. The Kier molecular flexibility index (Phi) is 5.02. The molecule has 28 heavy (non-hydrogen) atoms. The van der Waals surface area contributed by atoms with Crippen molar-refractivity contribution in [2.45, 2.75) is 6.54 Å². The second-order valence-corrected chi connectivity index (χ2v) is 5.86. The lowest BCUT2D eigenvalue weighted by molar-refractivity contribution is -0.117.